The van der Waals surface area contributed by atoms with Gasteiger partial charge in [0.25, 0.3) is 0 Å². The van der Waals surface area contributed by atoms with Gasteiger partial charge < -0.3 is 20.4 Å². The zero-order chi connectivity index (χ0) is 20.1. The van der Waals surface area contributed by atoms with Crippen LogP contribution in [0.4, 0.5) is 19.0 Å². The van der Waals surface area contributed by atoms with Gasteiger partial charge in [-0.3, -0.25) is 4.79 Å². The van der Waals surface area contributed by atoms with Crippen molar-refractivity contribution in [3.05, 3.63) is 24.3 Å². The van der Waals surface area contributed by atoms with Gasteiger partial charge in [0, 0.05) is 42.9 Å². The monoisotopic (exact) mass is 395 g/mol. The van der Waals surface area contributed by atoms with Crippen LogP contribution in [0.3, 0.4) is 0 Å². The summed E-state index contributed by atoms with van der Waals surface area (Å²) in [6.45, 7) is 1.49. The van der Waals surface area contributed by atoms with Gasteiger partial charge in [0.1, 0.15) is 5.82 Å². The summed E-state index contributed by atoms with van der Waals surface area (Å²) in [6.07, 6.45) is 2.07. The molecule has 0 atom stereocenters. The number of pyridine rings is 1. The molecule has 2 aromatic rings. The van der Waals surface area contributed by atoms with Crippen LogP contribution in [-0.4, -0.2) is 32.8 Å². The number of hydrogen-bond donors (Lipinski definition) is 2. The predicted octanol–water partition coefficient (Wildman–Crippen LogP) is 3.14. The van der Waals surface area contributed by atoms with E-state index in [0.29, 0.717) is 17.2 Å². The van der Waals surface area contributed by atoms with E-state index in [9.17, 15) is 18.0 Å². The Labute approximate surface area is 159 Å². The third-order valence-corrected chi connectivity index (χ3v) is 5.02. The highest BCUT2D eigenvalue weighted by atomic mass is 19.4. The summed E-state index contributed by atoms with van der Waals surface area (Å²) in [7, 11) is 0. The van der Waals surface area contributed by atoms with Crippen molar-refractivity contribution in [3.8, 4) is 17.0 Å². The summed E-state index contributed by atoms with van der Waals surface area (Å²) in [5.41, 5.74) is 6.45. The van der Waals surface area contributed by atoms with Crippen molar-refractivity contribution in [1.29, 1.82) is 0 Å². The summed E-state index contributed by atoms with van der Waals surface area (Å²) in [6, 6.07) is 1.56. The van der Waals surface area contributed by atoms with Crippen LogP contribution in [0, 0.1) is 0 Å². The Morgan fingerprint density at radius 1 is 1.36 bits per heavy atom. The van der Waals surface area contributed by atoms with Gasteiger partial charge in [-0.25, -0.2) is 9.97 Å². The van der Waals surface area contributed by atoms with Crippen LogP contribution in [0.25, 0.3) is 11.3 Å². The van der Waals surface area contributed by atoms with Gasteiger partial charge in [0.15, 0.2) is 11.6 Å². The molecule has 2 aliphatic rings. The lowest BCUT2D eigenvalue weighted by Gasteiger charge is -2.37. The molecule has 2 saturated carbocycles. The highest BCUT2D eigenvalue weighted by molar-refractivity contribution is 5.73. The Morgan fingerprint density at radius 3 is 2.68 bits per heavy atom. The number of amides is 1. The molecule has 2 aromatic heterocycles. The van der Waals surface area contributed by atoms with Crippen LogP contribution in [0.2, 0.25) is 0 Å². The van der Waals surface area contributed by atoms with Crippen molar-refractivity contribution in [2.24, 2.45) is 0 Å². The Morgan fingerprint density at radius 2 is 2.07 bits per heavy atom. The van der Waals surface area contributed by atoms with Gasteiger partial charge in [-0.2, -0.15) is 0 Å². The van der Waals surface area contributed by atoms with Crippen LogP contribution in [0.5, 0.6) is 5.75 Å². The molecule has 1 amide bonds. The number of carbonyl (C=O) groups excluding carboxylic acids is 1. The number of imidazole rings is 1. The first-order valence-corrected chi connectivity index (χ1v) is 9.07. The number of anilines is 1. The smallest absolute Gasteiger partial charge is 0.402 e. The number of rotatable bonds is 5. The SMILES string of the molecule is CC(=O)NC1CC(n2cc(-c3cnc(N)c(OC(F)(F)F)c3)nc2C2CC2)C1. The van der Waals surface area contributed by atoms with Crippen LogP contribution in [0.1, 0.15) is 50.4 Å². The average Bonchev–Trinajstić information content (AvgIpc) is 3.31. The largest absolute Gasteiger partial charge is 0.573 e. The Bertz CT molecular complexity index is 901. The van der Waals surface area contributed by atoms with E-state index in [-0.39, 0.29) is 23.8 Å². The first-order chi connectivity index (χ1) is 13.2. The Kier molecular flexibility index (Phi) is 4.43. The number of nitrogens with two attached hydrogens (primary N) is 1. The molecule has 0 saturated heterocycles. The second-order valence-electron chi connectivity index (χ2n) is 7.34. The summed E-state index contributed by atoms with van der Waals surface area (Å²) < 4.78 is 43.8. The number of ether oxygens (including phenoxy) is 1. The number of aromatic nitrogens is 3. The van der Waals surface area contributed by atoms with Crippen molar-refractivity contribution in [3.63, 3.8) is 0 Å². The van der Waals surface area contributed by atoms with E-state index in [1.165, 1.54) is 19.2 Å². The molecule has 0 spiro atoms. The minimum absolute atomic E-state index is 0.0534. The number of alkyl halides is 3. The maximum atomic E-state index is 12.6. The molecular weight excluding hydrogens is 375 g/mol. The van der Waals surface area contributed by atoms with Crippen molar-refractivity contribution in [2.45, 2.75) is 57.0 Å². The Balaban J connectivity index is 1.59. The number of hydrogen-bond acceptors (Lipinski definition) is 5. The lowest BCUT2D eigenvalue weighted by Crippen LogP contribution is -2.44. The molecule has 2 aliphatic carbocycles. The van der Waals surface area contributed by atoms with Gasteiger partial charge >= 0.3 is 6.36 Å². The third kappa shape index (κ3) is 3.90. The molecule has 0 unspecified atom stereocenters. The van der Waals surface area contributed by atoms with Gasteiger partial charge in [-0.15, -0.1) is 13.2 Å². The molecule has 0 aromatic carbocycles. The normalized spacial score (nSPS) is 21.9. The summed E-state index contributed by atoms with van der Waals surface area (Å²) in [4.78, 5) is 19.7. The minimum atomic E-state index is -4.85. The van der Waals surface area contributed by atoms with E-state index in [2.05, 4.69) is 24.6 Å². The van der Waals surface area contributed by atoms with Crippen molar-refractivity contribution < 1.29 is 22.7 Å². The lowest BCUT2D eigenvalue weighted by atomic mass is 9.86. The van der Waals surface area contributed by atoms with E-state index < -0.39 is 12.1 Å². The molecule has 150 valence electrons. The number of nitrogen functional groups attached to an aromatic ring is 1. The Hall–Kier alpha value is -2.78. The average molecular weight is 395 g/mol. The number of carbonyl (C=O) groups is 1. The second-order valence-corrected chi connectivity index (χ2v) is 7.34. The number of nitrogens with zero attached hydrogens (tertiary/aromatic N) is 3. The minimum Gasteiger partial charge on any atom is -0.402 e. The predicted molar refractivity (Wildman–Crippen MR) is 94.4 cm³/mol. The molecule has 28 heavy (non-hydrogen) atoms. The number of nitrogens with one attached hydrogen (secondary N) is 1. The van der Waals surface area contributed by atoms with Crippen LogP contribution in [-0.2, 0) is 4.79 Å². The fourth-order valence-electron chi connectivity index (χ4n) is 3.50. The van der Waals surface area contributed by atoms with E-state index >= 15 is 0 Å². The standard InChI is InChI=1S/C18H20F3N5O2/c1-9(27)24-12-5-13(6-12)26-8-14(25-17(26)10-2-3-10)11-4-15(16(22)23-7-11)28-18(19,20)21/h4,7-8,10,12-13H,2-3,5-6H2,1H3,(H2,22,23)(H,24,27). The lowest BCUT2D eigenvalue weighted by molar-refractivity contribution is -0.274. The van der Waals surface area contributed by atoms with Gasteiger partial charge in [0.2, 0.25) is 5.91 Å². The van der Waals surface area contributed by atoms with Crippen LogP contribution in [0.15, 0.2) is 18.5 Å². The molecule has 7 nitrogen and oxygen atoms in total. The molecule has 0 radical (unpaired) electrons. The molecule has 2 fully saturated rings. The molecule has 3 N–H and O–H groups in total. The fraction of sp³-hybridized carbons (Fsp3) is 0.500. The van der Waals surface area contributed by atoms with Crippen molar-refractivity contribution >= 4 is 11.7 Å². The van der Waals surface area contributed by atoms with Crippen LogP contribution < -0.4 is 15.8 Å². The number of halogens is 3. The molecule has 2 heterocycles. The maximum absolute atomic E-state index is 12.6. The molecule has 0 aliphatic heterocycles. The van der Waals surface area contributed by atoms with E-state index in [0.717, 1.165) is 31.5 Å². The molecule has 0 bridgehead atoms. The highest BCUT2D eigenvalue weighted by Gasteiger charge is 2.37. The fourth-order valence-corrected chi connectivity index (χ4v) is 3.50. The topological polar surface area (TPSA) is 95.1 Å². The summed E-state index contributed by atoms with van der Waals surface area (Å²) >= 11 is 0. The molecule has 4 rings (SSSR count). The van der Waals surface area contributed by atoms with Gasteiger partial charge in [-0.05, 0) is 31.7 Å². The van der Waals surface area contributed by atoms with Gasteiger partial charge in [0.05, 0.1) is 5.69 Å². The molecule has 10 heteroatoms. The van der Waals surface area contributed by atoms with E-state index in [1.807, 2.05) is 6.20 Å². The second kappa shape index (κ2) is 6.68. The van der Waals surface area contributed by atoms with Crippen molar-refractivity contribution in [2.75, 3.05) is 5.73 Å². The molecular formula is C18H20F3N5O2. The summed E-state index contributed by atoms with van der Waals surface area (Å²) in [5, 5.41) is 2.90. The zero-order valence-electron chi connectivity index (χ0n) is 15.2. The summed E-state index contributed by atoms with van der Waals surface area (Å²) in [5.74, 6) is 0.363. The third-order valence-electron chi connectivity index (χ3n) is 5.02. The van der Waals surface area contributed by atoms with Crippen molar-refractivity contribution in [1.82, 2.24) is 19.9 Å². The highest BCUT2D eigenvalue weighted by Crippen LogP contribution is 2.44. The first-order valence-electron chi connectivity index (χ1n) is 9.07. The maximum Gasteiger partial charge on any atom is 0.573 e. The van der Waals surface area contributed by atoms with E-state index in [1.54, 1.807) is 0 Å². The van der Waals surface area contributed by atoms with E-state index in [4.69, 9.17) is 5.73 Å². The van der Waals surface area contributed by atoms with Crippen LogP contribution >= 0.6 is 0 Å². The zero-order valence-corrected chi connectivity index (χ0v) is 15.2. The quantitative estimate of drug-likeness (QED) is 0.811. The first kappa shape index (κ1) is 18.6. The van der Waals surface area contributed by atoms with Gasteiger partial charge in [-0.1, -0.05) is 0 Å².